The normalized spacial score (nSPS) is 15.2. The second-order valence-corrected chi connectivity index (χ2v) is 5.23. The lowest BCUT2D eigenvalue weighted by molar-refractivity contribution is 0.0925. The summed E-state index contributed by atoms with van der Waals surface area (Å²) in [6, 6.07) is -0.181. The van der Waals surface area contributed by atoms with Crippen LogP contribution in [0.4, 0.5) is 0 Å². The minimum atomic E-state index is -0.181. The van der Waals surface area contributed by atoms with Crippen LogP contribution in [-0.4, -0.2) is 48.5 Å². The first-order valence-electron chi connectivity index (χ1n) is 5.61. The zero-order chi connectivity index (χ0) is 13.0. The Balaban J connectivity index is 2.85. The number of hydrogen-bond acceptors (Lipinski definition) is 4. The van der Waals surface area contributed by atoms with Gasteiger partial charge in [0, 0.05) is 13.7 Å². The summed E-state index contributed by atoms with van der Waals surface area (Å²) in [4.78, 5) is 2.12. The molecule has 0 radical (unpaired) electrons. The van der Waals surface area contributed by atoms with Gasteiger partial charge in [0.25, 0.3) is 0 Å². The predicted molar refractivity (Wildman–Crippen MR) is 71.9 cm³/mol. The molecule has 0 saturated heterocycles. The van der Waals surface area contributed by atoms with Crippen molar-refractivity contribution in [2.75, 3.05) is 27.7 Å². The third-order valence-electron chi connectivity index (χ3n) is 2.79. The standard InChI is InChI=1S/C11H21BrN4O/c1-8(17-4)10(13)11-9(12)7-14-16(11)6-5-15(2)3/h7-8,10H,5-6,13H2,1-4H3. The monoisotopic (exact) mass is 304 g/mol. The first-order chi connectivity index (χ1) is 7.97. The summed E-state index contributed by atoms with van der Waals surface area (Å²) in [6.45, 7) is 3.70. The zero-order valence-corrected chi connectivity index (χ0v) is 12.4. The van der Waals surface area contributed by atoms with E-state index in [-0.39, 0.29) is 12.1 Å². The van der Waals surface area contributed by atoms with Gasteiger partial charge in [0.2, 0.25) is 0 Å². The van der Waals surface area contributed by atoms with Crippen molar-refractivity contribution in [3.63, 3.8) is 0 Å². The van der Waals surface area contributed by atoms with Crippen molar-refractivity contribution in [1.29, 1.82) is 0 Å². The predicted octanol–water partition coefficient (Wildman–Crippen LogP) is 1.24. The maximum absolute atomic E-state index is 6.17. The summed E-state index contributed by atoms with van der Waals surface area (Å²) >= 11 is 3.49. The number of likely N-dealkylation sites (N-methyl/N-ethyl adjacent to an activating group) is 1. The first kappa shape index (κ1) is 14.6. The average Bonchev–Trinajstić information content (AvgIpc) is 2.65. The first-order valence-corrected chi connectivity index (χ1v) is 6.41. The fourth-order valence-corrected chi connectivity index (χ4v) is 2.11. The van der Waals surface area contributed by atoms with Gasteiger partial charge in [-0.1, -0.05) is 0 Å². The lowest BCUT2D eigenvalue weighted by atomic mass is 10.1. The Morgan fingerprint density at radius 2 is 2.24 bits per heavy atom. The molecule has 17 heavy (non-hydrogen) atoms. The topological polar surface area (TPSA) is 56.3 Å². The lowest BCUT2D eigenvalue weighted by Crippen LogP contribution is -2.29. The van der Waals surface area contributed by atoms with E-state index in [0.717, 1.165) is 23.3 Å². The maximum Gasteiger partial charge on any atom is 0.0751 e. The van der Waals surface area contributed by atoms with Crippen LogP contribution in [0.1, 0.15) is 18.7 Å². The molecule has 6 heteroatoms. The summed E-state index contributed by atoms with van der Waals surface area (Å²) < 4.78 is 8.15. The van der Waals surface area contributed by atoms with Crippen LogP contribution in [0.3, 0.4) is 0 Å². The molecule has 1 aromatic rings. The van der Waals surface area contributed by atoms with Crippen molar-refractivity contribution in [3.8, 4) is 0 Å². The minimum absolute atomic E-state index is 0.0406. The Kier molecular flexibility index (Phi) is 5.58. The van der Waals surface area contributed by atoms with Crippen LogP contribution in [0.5, 0.6) is 0 Å². The highest BCUT2D eigenvalue weighted by Crippen LogP contribution is 2.24. The highest BCUT2D eigenvalue weighted by molar-refractivity contribution is 9.10. The van der Waals surface area contributed by atoms with E-state index >= 15 is 0 Å². The number of rotatable bonds is 6. The SMILES string of the molecule is COC(C)C(N)c1c(Br)cnn1CCN(C)C. The van der Waals surface area contributed by atoms with E-state index in [1.54, 1.807) is 13.3 Å². The van der Waals surface area contributed by atoms with E-state index in [0.29, 0.717) is 0 Å². The van der Waals surface area contributed by atoms with Crippen LogP contribution < -0.4 is 5.73 Å². The molecular weight excluding hydrogens is 284 g/mol. The molecular formula is C11H21BrN4O. The van der Waals surface area contributed by atoms with Gasteiger partial charge in [-0.2, -0.15) is 5.10 Å². The van der Waals surface area contributed by atoms with Gasteiger partial charge >= 0.3 is 0 Å². The van der Waals surface area contributed by atoms with Crippen molar-refractivity contribution in [2.45, 2.75) is 25.6 Å². The minimum Gasteiger partial charge on any atom is -0.380 e. The number of nitrogens with zero attached hydrogens (tertiary/aromatic N) is 3. The van der Waals surface area contributed by atoms with E-state index in [1.165, 1.54) is 0 Å². The second kappa shape index (κ2) is 6.49. The molecule has 98 valence electrons. The van der Waals surface area contributed by atoms with Crippen molar-refractivity contribution < 1.29 is 4.74 Å². The molecule has 2 atom stereocenters. The molecule has 1 aromatic heterocycles. The molecule has 0 aliphatic carbocycles. The molecule has 5 nitrogen and oxygen atoms in total. The number of ether oxygens (including phenoxy) is 1. The molecule has 0 aliphatic rings. The quantitative estimate of drug-likeness (QED) is 0.859. The van der Waals surface area contributed by atoms with Gasteiger partial charge in [-0.25, -0.2) is 0 Å². The summed E-state index contributed by atoms with van der Waals surface area (Å²) in [5.41, 5.74) is 7.16. The number of methoxy groups -OCH3 is 1. The molecule has 0 aliphatic heterocycles. The van der Waals surface area contributed by atoms with Crippen molar-refractivity contribution >= 4 is 15.9 Å². The second-order valence-electron chi connectivity index (χ2n) is 4.37. The number of nitrogens with two attached hydrogens (primary N) is 1. The molecule has 0 amide bonds. The van der Waals surface area contributed by atoms with Gasteiger partial charge < -0.3 is 15.4 Å². The smallest absolute Gasteiger partial charge is 0.0751 e. The molecule has 1 heterocycles. The summed E-state index contributed by atoms with van der Waals surface area (Å²) in [7, 11) is 5.74. The van der Waals surface area contributed by atoms with E-state index < -0.39 is 0 Å². The number of aromatic nitrogens is 2. The molecule has 2 N–H and O–H groups in total. The van der Waals surface area contributed by atoms with Crippen LogP contribution in [0.15, 0.2) is 10.7 Å². The average molecular weight is 305 g/mol. The molecule has 0 bridgehead atoms. The molecule has 0 aromatic carbocycles. The van der Waals surface area contributed by atoms with Crippen LogP contribution in [0.25, 0.3) is 0 Å². The molecule has 0 spiro atoms. The molecule has 2 unspecified atom stereocenters. The van der Waals surface area contributed by atoms with E-state index in [2.05, 4.69) is 25.9 Å². The van der Waals surface area contributed by atoms with Crippen LogP contribution in [0, 0.1) is 0 Å². The Labute approximate surface area is 111 Å². The van der Waals surface area contributed by atoms with Crippen LogP contribution in [-0.2, 0) is 11.3 Å². The van der Waals surface area contributed by atoms with Crippen molar-refractivity contribution in [3.05, 3.63) is 16.4 Å². The summed E-state index contributed by atoms with van der Waals surface area (Å²) in [6.07, 6.45) is 1.74. The fourth-order valence-electron chi connectivity index (χ4n) is 1.55. The van der Waals surface area contributed by atoms with Gasteiger partial charge in [-0.15, -0.1) is 0 Å². The van der Waals surface area contributed by atoms with Gasteiger partial charge in [0.1, 0.15) is 0 Å². The highest BCUT2D eigenvalue weighted by Gasteiger charge is 2.21. The Hall–Kier alpha value is -0.430. The highest BCUT2D eigenvalue weighted by atomic mass is 79.9. The largest absolute Gasteiger partial charge is 0.380 e. The summed E-state index contributed by atoms with van der Waals surface area (Å²) in [5.74, 6) is 0. The molecule has 0 saturated carbocycles. The fraction of sp³-hybridized carbons (Fsp3) is 0.727. The number of hydrogen-bond donors (Lipinski definition) is 1. The van der Waals surface area contributed by atoms with Gasteiger partial charge in [0.15, 0.2) is 0 Å². The third-order valence-corrected chi connectivity index (χ3v) is 3.40. The van der Waals surface area contributed by atoms with Gasteiger partial charge in [-0.05, 0) is 36.9 Å². The zero-order valence-electron chi connectivity index (χ0n) is 10.9. The van der Waals surface area contributed by atoms with E-state index in [4.69, 9.17) is 10.5 Å². The third kappa shape index (κ3) is 3.77. The summed E-state index contributed by atoms with van der Waals surface area (Å²) in [5, 5.41) is 4.33. The maximum atomic E-state index is 6.17. The van der Waals surface area contributed by atoms with Gasteiger partial charge in [0.05, 0.1) is 35.1 Å². The van der Waals surface area contributed by atoms with Crippen LogP contribution >= 0.6 is 15.9 Å². The Morgan fingerprint density at radius 3 is 2.76 bits per heavy atom. The lowest BCUT2D eigenvalue weighted by Gasteiger charge is -2.21. The Bertz CT molecular complexity index is 353. The van der Waals surface area contributed by atoms with Crippen molar-refractivity contribution in [1.82, 2.24) is 14.7 Å². The van der Waals surface area contributed by atoms with Crippen LogP contribution in [0.2, 0.25) is 0 Å². The van der Waals surface area contributed by atoms with E-state index in [9.17, 15) is 0 Å². The molecule has 0 fully saturated rings. The Morgan fingerprint density at radius 1 is 1.59 bits per heavy atom. The van der Waals surface area contributed by atoms with Crippen molar-refractivity contribution in [2.24, 2.45) is 5.73 Å². The molecule has 1 rings (SSSR count). The van der Waals surface area contributed by atoms with Gasteiger partial charge in [-0.3, -0.25) is 4.68 Å². The van der Waals surface area contributed by atoms with E-state index in [1.807, 2.05) is 25.7 Å². The number of halogens is 1.